The summed E-state index contributed by atoms with van der Waals surface area (Å²) in [5.41, 5.74) is 1.11. The van der Waals surface area contributed by atoms with Gasteiger partial charge in [0, 0.05) is 16.4 Å². The SMILES string of the molecule is CCNC(=NCc1cccc(Br)c1)NCc1ncc(C(C)(C)C)o1.I. The van der Waals surface area contributed by atoms with E-state index >= 15 is 0 Å². The van der Waals surface area contributed by atoms with Gasteiger partial charge in [0.2, 0.25) is 5.89 Å². The summed E-state index contributed by atoms with van der Waals surface area (Å²) in [5, 5.41) is 6.49. The van der Waals surface area contributed by atoms with E-state index in [1.165, 1.54) is 0 Å². The van der Waals surface area contributed by atoms with Crippen molar-refractivity contribution in [2.24, 2.45) is 4.99 Å². The maximum absolute atomic E-state index is 5.79. The zero-order chi connectivity index (χ0) is 17.6. The van der Waals surface area contributed by atoms with Crippen LogP contribution in [0.1, 0.15) is 44.9 Å². The predicted molar refractivity (Wildman–Crippen MR) is 116 cm³/mol. The number of rotatable bonds is 5. The standard InChI is InChI=1S/C18H25BrN4O.HI/c1-5-20-17(22-10-13-7-6-8-14(19)9-13)23-12-16-21-11-15(24-16)18(2,3)4;/h6-9,11H,5,10,12H2,1-4H3,(H2,20,22,23);1H. The third-order valence-electron chi connectivity index (χ3n) is 3.35. The second-order valence-electron chi connectivity index (χ2n) is 6.55. The molecule has 2 rings (SSSR count). The molecular formula is C18H26BrIN4O. The molecule has 0 aliphatic heterocycles. The average molecular weight is 521 g/mol. The Morgan fingerprint density at radius 2 is 2.04 bits per heavy atom. The molecule has 25 heavy (non-hydrogen) atoms. The number of guanidine groups is 1. The minimum absolute atomic E-state index is 0. The van der Waals surface area contributed by atoms with Crippen LogP contribution < -0.4 is 10.6 Å². The van der Waals surface area contributed by atoms with Crippen molar-refractivity contribution in [1.29, 1.82) is 0 Å². The molecule has 1 aromatic carbocycles. The molecule has 2 N–H and O–H groups in total. The molecule has 0 atom stereocenters. The van der Waals surface area contributed by atoms with E-state index < -0.39 is 0 Å². The molecule has 0 saturated heterocycles. The fourth-order valence-electron chi connectivity index (χ4n) is 2.05. The molecule has 0 aliphatic carbocycles. The summed E-state index contributed by atoms with van der Waals surface area (Å²) in [7, 11) is 0. The van der Waals surface area contributed by atoms with Crippen LogP contribution in [-0.4, -0.2) is 17.5 Å². The van der Waals surface area contributed by atoms with Crippen LogP contribution in [-0.2, 0) is 18.5 Å². The number of halogens is 2. The number of hydrogen-bond acceptors (Lipinski definition) is 3. The van der Waals surface area contributed by atoms with Gasteiger partial charge in [0.1, 0.15) is 5.76 Å². The maximum Gasteiger partial charge on any atom is 0.213 e. The third kappa shape index (κ3) is 7.35. The number of oxazole rings is 1. The first-order chi connectivity index (χ1) is 11.4. The molecule has 0 amide bonds. The monoisotopic (exact) mass is 520 g/mol. The van der Waals surface area contributed by atoms with Crippen LogP contribution in [0.4, 0.5) is 0 Å². The molecule has 7 heteroatoms. The van der Waals surface area contributed by atoms with Gasteiger partial charge in [-0.3, -0.25) is 0 Å². The number of nitrogens with one attached hydrogen (secondary N) is 2. The molecule has 1 aromatic heterocycles. The molecule has 0 spiro atoms. The fourth-order valence-corrected chi connectivity index (χ4v) is 2.49. The highest BCUT2D eigenvalue weighted by Gasteiger charge is 2.19. The molecule has 0 aliphatic rings. The van der Waals surface area contributed by atoms with Crippen molar-refractivity contribution in [2.45, 2.75) is 46.2 Å². The van der Waals surface area contributed by atoms with Gasteiger partial charge in [-0.2, -0.15) is 0 Å². The van der Waals surface area contributed by atoms with E-state index in [2.05, 4.69) is 69.4 Å². The minimum atomic E-state index is -0.0372. The van der Waals surface area contributed by atoms with Crippen LogP contribution in [0.25, 0.3) is 0 Å². The summed E-state index contributed by atoms with van der Waals surface area (Å²) in [4.78, 5) is 8.93. The number of nitrogens with zero attached hydrogens (tertiary/aromatic N) is 2. The molecule has 0 fully saturated rings. The topological polar surface area (TPSA) is 62.5 Å². The first-order valence-electron chi connectivity index (χ1n) is 8.10. The Kier molecular flexibility index (Phi) is 8.92. The zero-order valence-electron chi connectivity index (χ0n) is 15.1. The molecular weight excluding hydrogens is 495 g/mol. The first kappa shape index (κ1) is 22.0. The largest absolute Gasteiger partial charge is 0.443 e. The lowest BCUT2D eigenvalue weighted by atomic mass is 9.94. The van der Waals surface area contributed by atoms with E-state index in [1.807, 2.05) is 19.1 Å². The molecule has 0 saturated carbocycles. The van der Waals surface area contributed by atoms with Crippen LogP contribution in [0, 0.1) is 0 Å². The maximum atomic E-state index is 5.79. The van der Waals surface area contributed by atoms with Gasteiger partial charge in [-0.1, -0.05) is 48.8 Å². The van der Waals surface area contributed by atoms with Crippen LogP contribution >= 0.6 is 39.9 Å². The summed E-state index contributed by atoms with van der Waals surface area (Å²) in [6.45, 7) is 10.3. The number of benzene rings is 1. The lowest BCUT2D eigenvalue weighted by molar-refractivity contribution is 0.379. The lowest BCUT2D eigenvalue weighted by Gasteiger charge is -2.13. The van der Waals surface area contributed by atoms with E-state index in [0.29, 0.717) is 19.0 Å². The van der Waals surface area contributed by atoms with Crippen LogP contribution in [0.3, 0.4) is 0 Å². The van der Waals surface area contributed by atoms with E-state index in [9.17, 15) is 0 Å². The van der Waals surface area contributed by atoms with Crippen molar-refractivity contribution in [3.05, 3.63) is 52.1 Å². The van der Waals surface area contributed by atoms with Gasteiger partial charge in [-0.15, -0.1) is 24.0 Å². The van der Waals surface area contributed by atoms with Crippen molar-refractivity contribution < 1.29 is 4.42 Å². The van der Waals surface area contributed by atoms with Crippen LogP contribution in [0.5, 0.6) is 0 Å². The minimum Gasteiger partial charge on any atom is -0.443 e. The number of aromatic nitrogens is 1. The Hall–Kier alpha value is -1.09. The lowest BCUT2D eigenvalue weighted by Crippen LogP contribution is -2.36. The third-order valence-corrected chi connectivity index (χ3v) is 3.85. The summed E-state index contributed by atoms with van der Waals surface area (Å²) < 4.78 is 6.85. The van der Waals surface area contributed by atoms with Gasteiger partial charge in [0.05, 0.1) is 19.3 Å². The molecule has 0 radical (unpaired) electrons. The van der Waals surface area contributed by atoms with Gasteiger partial charge < -0.3 is 15.1 Å². The van der Waals surface area contributed by atoms with Crippen molar-refractivity contribution in [3.63, 3.8) is 0 Å². The molecule has 0 bridgehead atoms. The van der Waals surface area contributed by atoms with E-state index in [0.717, 1.165) is 28.3 Å². The normalized spacial score (nSPS) is 11.8. The average Bonchev–Trinajstić information content (AvgIpc) is 2.99. The number of hydrogen-bond donors (Lipinski definition) is 2. The molecule has 5 nitrogen and oxygen atoms in total. The van der Waals surface area contributed by atoms with Crippen molar-refractivity contribution in [2.75, 3.05) is 6.54 Å². The van der Waals surface area contributed by atoms with Gasteiger partial charge in [-0.25, -0.2) is 9.98 Å². The van der Waals surface area contributed by atoms with Crippen LogP contribution in [0.2, 0.25) is 0 Å². The molecule has 2 aromatic rings. The quantitative estimate of drug-likeness (QED) is 0.343. The Morgan fingerprint density at radius 1 is 1.28 bits per heavy atom. The molecule has 1 heterocycles. The van der Waals surface area contributed by atoms with E-state index in [1.54, 1.807) is 6.20 Å². The van der Waals surface area contributed by atoms with E-state index in [-0.39, 0.29) is 29.4 Å². The molecule has 0 unspecified atom stereocenters. The Bertz CT molecular complexity index is 694. The Balaban J connectivity index is 0.00000312. The van der Waals surface area contributed by atoms with E-state index in [4.69, 9.17) is 4.42 Å². The second-order valence-corrected chi connectivity index (χ2v) is 7.46. The van der Waals surface area contributed by atoms with Gasteiger partial charge >= 0.3 is 0 Å². The first-order valence-corrected chi connectivity index (χ1v) is 8.89. The highest BCUT2D eigenvalue weighted by molar-refractivity contribution is 14.0. The smallest absolute Gasteiger partial charge is 0.213 e. The highest BCUT2D eigenvalue weighted by atomic mass is 127. The summed E-state index contributed by atoms with van der Waals surface area (Å²) in [6, 6.07) is 8.14. The highest BCUT2D eigenvalue weighted by Crippen LogP contribution is 2.22. The summed E-state index contributed by atoms with van der Waals surface area (Å²) in [5.74, 6) is 2.29. The Morgan fingerprint density at radius 3 is 2.64 bits per heavy atom. The van der Waals surface area contributed by atoms with Gasteiger partial charge in [-0.05, 0) is 24.6 Å². The van der Waals surface area contributed by atoms with Gasteiger partial charge in [0.15, 0.2) is 5.96 Å². The molecule has 138 valence electrons. The summed E-state index contributed by atoms with van der Waals surface area (Å²) >= 11 is 3.48. The van der Waals surface area contributed by atoms with Crippen LogP contribution in [0.15, 0.2) is 44.3 Å². The van der Waals surface area contributed by atoms with Crippen molar-refractivity contribution in [1.82, 2.24) is 15.6 Å². The summed E-state index contributed by atoms with van der Waals surface area (Å²) in [6.07, 6.45) is 1.79. The predicted octanol–water partition coefficient (Wildman–Crippen LogP) is 4.61. The van der Waals surface area contributed by atoms with Gasteiger partial charge in [0.25, 0.3) is 0 Å². The number of aliphatic imine (C=N–C) groups is 1. The zero-order valence-corrected chi connectivity index (χ0v) is 19.0. The second kappa shape index (κ2) is 10.2. The Labute approximate surface area is 175 Å². The van der Waals surface area contributed by atoms with Crippen molar-refractivity contribution in [3.8, 4) is 0 Å². The van der Waals surface area contributed by atoms with Crippen molar-refractivity contribution >= 4 is 45.9 Å². The fraction of sp³-hybridized carbons (Fsp3) is 0.444.